The molecule has 134 valence electrons. The van der Waals surface area contributed by atoms with E-state index in [-0.39, 0.29) is 5.91 Å². The number of hydrogen-bond acceptors (Lipinski definition) is 5. The van der Waals surface area contributed by atoms with Crippen molar-refractivity contribution >= 4 is 17.4 Å². The maximum Gasteiger partial charge on any atom is 0.238 e. The van der Waals surface area contributed by atoms with Crippen molar-refractivity contribution in [2.45, 2.75) is 27.2 Å². The number of carbonyl (C=O) groups excluding carboxylic acids is 1. The molecule has 3 heterocycles. The maximum atomic E-state index is 12.3. The normalized spacial score (nSPS) is 17.6. The average Bonchev–Trinajstić information content (AvgIpc) is 3.14. The summed E-state index contributed by atoms with van der Waals surface area (Å²) in [5.74, 6) is 1.47. The number of aromatic nitrogens is 3. The lowest BCUT2D eigenvalue weighted by Crippen LogP contribution is -2.32. The highest BCUT2D eigenvalue weighted by atomic mass is 16.2. The van der Waals surface area contributed by atoms with Gasteiger partial charge in [-0.15, -0.1) is 0 Å². The molecule has 1 amide bonds. The highest BCUT2D eigenvalue weighted by Gasteiger charge is 2.24. The molecule has 7 heteroatoms. The van der Waals surface area contributed by atoms with Crippen molar-refractivity contribution in [2.24, 2.45) is 5.92 Å². The van der Waals surface area contributed by atoms with Crippen LogP contribution < -0.4 is 10.6 Å². The van der Waals surface area contributed by atoms with E-state index in [1.54, 1.807) is 0 Å². The third kappa shape index (κ3) is 4.57. The lowest BCUT2D eigenvalue weighted by Gasteiger charge is -2.16. The lowest BCUT2D eigenvalue weighted by molar-refractivity contribution is -0.117. The van der Waals surface area contributed by atoms with Crippen molar-refractivity contribution in [3.63, 3.8) is 0 Å². The Bertz CT molecular complexity index is 721. The Morgan fingerprint density at radius 3 is 2.92 bits per heavy atom. The van der Waals surface area contributed by atoms with Gasteiger partial charge in [0.2, 0.25) is 5.91 Å². The van der Waals surface area contributed by atoms with Crippen molar-refractivity contribution < 1.29 is 4.79 Å². The summed E-state index contributed by atoms with van der Waals surface area (Å²) < 4.78 is 0. The molecule has 0 aliphatic carbocycles. The molecule has 1 aliphatic rings. The number of amides is 1. The monoisotopic (exact) mass is 342 g/mol. The van der Waals surface area contributed by atoms with E-state index in [0.717, 1.165) is 54.6 Å². The maximum absolute atomic E-state index is 12.3. The topological polar surface area (TPSA) is 85.9 Å². The van der Waals surface area contributed by atoms with Crippen LogP contribution in [0.25, 0.3) is 0 Å². The number of nitrogens with zero attached hydrogens (tertiary/aromatic N) is 3. The van der Waals surface area contributed by atoms with Crippen molar-refractivity contribution in [3.8, 4) is 0 Å². The first-order valence-electron chi connectivity index (χ1n) is 8.72. The van der Waals surface area contributed by atoms with Gasteiger partial charge in [0, 0.05) is 18.8 Å². The highest BCUT2D eigenvalue weighted by Crippen LogP contribution is 2.19. The quantitative estimate of drug-likeness (QED) is 0.748. The summed E-state index contributed by atoms with van der Waals surface area (Å²) in [5, 5.41) is 13.4. The van der Waals surface area contributed by atoms with Crippen LogP contribution in [0.5, 0.6) is 0 Å². The number of nitrogens with one attached hydrogen (secondary N) is 3. The van der Waals surface area contributed by atoms with Gasteiger partial charge in [0.25, 0.3) is 0 Å². The van der Waals surface area contributed by atoms with Crippen LogP contribution in [-0.2, 0) is 4.79 Å². The Balaban J connectivity index is 1.44. The molecular formula is C18H26N6O. The van der Waals surface area contributed by atoms with Crippen LogP contribution in [-0.4, -0.2) is 52.2 Å². The van der Waals surface area contributed by atoms with Crippen LogP contribution >= 0.6 is 0 Å². The van der Waals surface area contributed by atoms with Crippen molar-refractivity contribution in [1.29, 1.82) is 0 Å². The standard InChI is InChI=1S/C18H26N6O/c1-12-5-4-6-16(20-12)19-9-15-7-8-24(10-15)11-17(25)21-18-13(2)22-23-14(18)3/h4-6,15H,7-11H2,1-3H3,(H,19,20)(H,21,25)(H,22,23). The number of H-pyrrole nitrogens is 1. The first kappa shape index (κ1) is 17.4. The van der Waals surface area contributed by atoms with Crippen LogP contribution in [0.15, 0.2) is 18.2 Å². The number of anilines is 2. The molecule has 0 bridgehead atoms. The van der Waals surface area contributed by atoms with Gasteiger partial charge in [-0.2, -0.15) is 5.10 Å². The minimum Gasteiger partial charge on any atom is -0.370 e. The van der Waals surface area contributed by atoms with Crippen LogP contribution in [0.3, 0.4) is 0 Å². The fourth-order valence-electron chi connectivity index (χ4n) is 3.23. The number of carbonyl (C=O) groups is 1. The van der Waals surface area contributed by atoms with Gasteiger partial charge in [0.15, 0.2) is 0 Å². The van der Waals surface area contributed by atoms with Gasteiger partial charge in [-0.3, -0.25) is 14.8 Å². The Morgan fingerprint density at radius 2 is 2.20 bits per heavy atom. The molecule has 1 fully saturated rings. The zero-order valence-corrected chi connectivity index (χ0v) is 15.1. The summed E-state index contributed by atoms with van der Waals surface area (Å²) in [6, 6.07) is 5.99. The molecule has 7 nitrogen and oxygen atoms in total. The van der Waals surface area contributed by atoms with Crippen LogP contribution in [0.4, 0.5) is 11.5 Å². The second-order valence-electron chi connectivity index (χ2n) is 6.79. The summed E-state index contributed by atoms with van der Waals surface area (Å²) in [6.45, 7) is 8.96. The van der Waals surface area contributed by atoms with Crippen molar-refractivity contribution in [3.05, 3.63) is 35.3 Å². The molecular weight excluding hydrogens is 316 g/mol. The summed E-state index contributed by atoms with van der Waals surface area (Å²) in [4.78, 5) is 18.9. The van der Waals surface area contributed by atoms with Gasteiger partial charge in [0.05, 0.1) is 23.6 Å². The van der Waals surface area contributed by atoms with Crippen molar-refractivity contribution in [1.82, 2.24) is 20.1 Å². The molecule has 3 N–H and O–H groups in total. The first-order chi connectivity index (χ1) is 12.0. The smallest absolute Gasteiger partial charge is 0.238 e. The molecule has 1 atom stereocenters. The van der Waals surface area contributed by atoms with E-state index in [0.29, 0.717) is 12.5 Å². The number of rotatable bonds is 6. The molecule has 2 aromatic heterocycles. The number of hydrogen-bond donors (Lipinski definition) is 3. The van der Waals surface area contributed by atoms with E-state index in [1.807, 2.05) is 39.0 Å². The number of aryl methyl sites for hydroxylation is 3. The fourth-order valence-corrected chi connectivity index (χ4v) is 3.23. The summed E-state index contributed by atoms with van der Waals surface area (Å²) >= 11 is 0. The van der Waals surface area contributed by atoms with Gasteiger partial charge < -0.3 is 10.6 Å². The molecule has 0 radical (unpaired) electrons. The number of aromatic amines is 1. The molecule has 25 heavy (non-hydrogen) atoms. The van der Waals surface area contributed by atoms with Gasteiger partial charge in [0.1, 0.15) is 5.82 Å². The first-order valence-corrected chi connectivity index (χ1v) is 8.72. The Hall–Kier alpha value is -2.41. The van der Waals surface area contributed by atoms with Gasteiger partial charge in [-0.25, -0.2) is 4.98 Å². The second kappa shape index (κ2) is 7.65. The predicted molar refractivity (Wildman–Crippen MR) is 98.7 cm³/mol. The van der Waals surface area contributed by atoms with Gasteiger partial charge >= 0.3 is 0 Å². The Labute approximate surface area is 148 Å². The third-order valence-corrected chi connectivity index (χ3v) is 4.59. The lowest BCUT2D eigenvalue weighted by atomic mass is 10.1. The number of pyridine rings is 1. The fraction of sp³-hybridized carbons (Fsp3) is 0.500. The number of likely N-dealkylation sites (tertiary alicyclic amines) is 1. The van der Waals surface area contributed by atoms with Crippen LogP contribution in [0.1, 0.15) is 23.5 Å². The SMILES string of the molecule is Cc1cccc(NCC2CCN(CC(=O)Nc3c(C)n[nH]c3C)C2)n1. The second-order valence-corrected chi connectivity index (χ2v) is 6.79. The summed E-state index contributed by atoms with van der Waals surface area (Å²) in [6.07, 6.45) is 1.09. The Kier molecular flexibility index (Phi) is 5.33. The third-order valence-electron chi connectivity index (χ3n) is 4.59. The summed E-state index contributed by atoms with van der Waals surface area (Å²) in [5.41, 5.74) is 3.52. The zero-order chi connectivity index (χ0) is 17.8. The molecule has 1 unspecified atom stereocenters. The van der Waals surface area contributed by atoms with E-state index >= 15 is 0 Å². The zero-order valence-electron chi connectivity index (χ0n) is 15.1. The van der Waals surface area contributed by atoms with E-state index in [4.69, 9.17) is 0 Å². The molecule has 0 aromatic carbocycles. The van der Waals surface area contributed by atoms with Gasteiger partial charge in [-0.1, -0.05) is 6.07 Å². The molecule has 3 rings (SSSR count). The van der Waals surface area contributed by atoms with Crippen LogP contribution in [0, 0.1) is 26.7 Å². The molecule has 1 saturated heterocycles. The molecule has 2 aromatic rings. The van der Waals surface area contributed by atoms with Gasteiger partial charge in [-0.05, 0) is 51.8 Å². The average molecular weight is 342 g/mol. The van der Waals surface area contributed by atoms with E-state index < -0.39 is 0 Å². The van der Waals surface area contributed by atoms with E-state index in [1.165, 1.54) is 0 Å². The van der Waals surface area contributed by atoms with Crippen LogP contribution in [0.2, 0.25) is 0 Å². The van der Waals surface area contributed by atoms with E-state index in [2.05, 4.69) is 30.7 Å². The summed E-state index contributed by atoms with van der Waals surface area (Å²) in [7, 11) is 0. The Morgan fingerprint density at radius 1 is 1.36 bits per heavy atom. The highest BCUT2D eigenvalue weighted by molar-refractivity contribution is 5.93. The molecule has 0 spiro atoms. The minimum absolute atomic E-state index is 0.0153. The van der Waals surface area contributed by atoms with Crippen molar-refractivity contribution in [2.75, 3.05) is 36.8 Å². The largest absolute Gasteiger partial charge is 0.370 e. The minimum atomic E-state index is 0.0153. The molecule has 0 saturated carbocycles. The molecule has 1 aliphatic heterocycles. The van der Waals surface area contributed by atoms with E-state index in [9.17, 15) is 4.79 Å². The predicted octanol–water partition coefficient (Wildman–Crippen LogP) is 2.10.